The molecule has 2 atom stereocenters. The van der Waals surface area contributed by atoms with Crippen LogP contribution < -0.4 is 10.6 Å². The zero-order valence-corrected chi connectivity index (χ0v) is 19.5. The molecular formula is C26H25FN8O. The summed E-state index contributed by atoms with van der Waals surface area (Å²) >= 11 is 0. The number of nitrogens with zero attached hydrogens (tertiary/aromatic N) is 7. The van der Waals surface area contributed by atoms with Gasteiger partial charge in [-0.15, -0.1) is 0 Å². The van der Waals surface area contributed by atoms with Crippen LogP contribution in [0.15, 0.2) is 49.2 Å². The maximum atomic E-state index is 14.8. The number of nitrogens with two attached hydrogens (primary N) is 1. The number of aliphatic hydroxyl groups excluding tert-OH is 1. The molecule has 3 aliphatic rings. The first kappa shape index (κ1) is 22.5. The molecule has 10 heteroatoms. The lowest BCUT2D eigenvalue weighted by Gasteiger charge is -2.47. The summed E-state index contributed by atoms with van der Waals surface area (Å²) in [6.45, 7) is 1.98. The lowest BCUT2D eigenvalue weighted by molar-refractivity contribution is 0.140. The number of fused-ring (bicyclic) bond motifs is 1. The molecular weight excluding hydrogens is 459 g/mol. The van der Waals surface area contributed by atoms with Crippen molar-refractivity contribution in [3.05, 3.63) is 77.8 Å². The molecule has 0 bridgehead atoms. The Kier molecular flexibility index (Phi) is 5.79. The van der Waals surface area contributed by atoms with Crippen molar-refractivity contribution in [1.82, 2.24) is 29.8 Å². The summed E-state index contributed by atoms with van der Waals surface area (Å²) in [7, 11) is 0. The van der Waals surface area contributed by atoms with Crippen molar-refractivity contribution in [3.63, 3.8) is 0 Å². The third-order valence-electron chi connectivity index (χ3n) is 6.76. The molecule has 9 nitrogen and oxygen atoms in total. The predicted octanol–water partition coefficient (Wildman–Crippen LogP) is 1.65. The summed E-state index contributed by atoms with van der Waals surface area (Å²) in [5.74, 6) is 5.30. The van der Waals surface area contributed by atoms with Gasteiger partial charge in [-0.3, -0.25) is 4.90 Å². The van der Waals surface area contributed by atoms with Crippen molar-refractivity contribution in [3.8, 4) is 11.8 Å². The van der Waals surface area contributed by atoms with Gasteiger partial charge in [0, 0.05) is 44.1 Å². The highest BCUT2D eigenvalue weighted by Crippen LogP contribution is 2.41. The zero-order valence-electron chi connectivity index (χ0n) is 19.5. The van der Waals surface area contributed by atoms with E-state index in [1.54, 1.807) is 24.7 Å². The number of allylic oxidation sites excluding steroid dienone is 1. The molecule has 3 aromatic heterocycles. The van der Waals surface area contributed by atoms with E-state index < -0.39 is 17.8 Å². The Morgan fingerprint density at radius 1 is 1.11 bits per heavy atom. The summed E-state index contributed by atoms with van der Waals surface area (Å²) in [4.78, 5) is 25.5. The van der Waals surface area contributed by atoms with Crippen molar-refractivity contribution in [2.24, 2.45) is 0 Å². The SMILES string of the molecule is Nc1ncc(F)c(C2C=CN(C3CN(C4CC4)C3)c3cnc(C#CC(O)Cc4ncccn4)cc32)n1. The van der Waals surface area contributed by atoms with Crippen molar-refractivity contribution in [1.29, 1.82) is 0 Å². The van der Waals surface area contributed by atoms with Crippen LogP contribution in [0.1, 0.15) is 41.5 Å². The Hall–Kier alpha value is -3.94. The van der Waals surface area contributed by atoms with Crippen LogP contribution in [0.25, 0.3) is 0 Å². The smallest absolute Gasteiger partial charge is 0.220 e. The van der Waals surface area contributed by atoms with Crippen LogP contribution >= 0.6 is 0 Å². The number of aliphatic hydroxyl groups is 1. The topological polar surface area (TPSA) is 117 Å². The standard InChI is InChI=1S/C26H25FN8O/c27-22-12-32-26(28)33-25(22)20-6-9-35(18-14-34(15-18)17-3-4-17)23-13-31-16(10-21(20)23)2-5-19(36)11-24-29-7-1-8-30-24/h1,6-10,12-13,17-20,36H,3-4,11,14-15H2,(H2,28,32,33). The first-order valence-corrected chi connectivity index (χ1v) is 12.0. The quantitative estimate of drug-likeness (QED) is 0.521. The largest absolute Gasteiger partial charge is 0.380 e. The van der Waals surface area contributed by atoms with Gasteiger partial charge in [-0.2, -0.15) is 0 Å². The molecule has 0 aromatic carbocycles. The molecule has 36 heavy (non-hydrogen) atoms. The summed E-state index contributed by atoms with van der Waals surface area (Å²) < 4.78 is 14.8. The molecule has 182 valence electrons. The highest BCUT2D eigenvalue weighted by molar-refractivity contribution is 5.64. The number of hydrogen-bond acceptors (Lipinski definition) is 9. The Morgan fingerprint density at radius 3 is 2.69 bits per heavy atom. The molecule has 2 fully saturated rings. The van der Waals surface area contributed by atoms with Crippen LogP contribution in [0, 0.1) is 17.7 Å². The summed E-state index contributed by atoms with van der Waals surface area (Å²) in [5, 5.41) is 10.3. The van der Waals surface area contributed by atoms with E-state index in [4.69, 9.17) is 5.73 Å². The van der Waals surface area contributed by atoms with Gasteiger partial charge in [-0.25, -0.2) is 29.3 Å². The van der Waals surface area contributed by atoms with E-state index in [0.717, 1.165) is 36.6 Å². The molecule has 3 aromatic rings. The molecule has 2 aliphatic heterocycles. The molecule has 0 spiro atoms. The molecule has 2 unspecified atom stereocenters. The first-order chi connectivity index (χ1) is 17.5. The van der Waals surface area contributed by atoms with Crippen LogP contribution in [-0.2, 0) is 6.42 Å². The lowest BCUT2D eigenvalue weighted by atomic mass is 9.89. The van der Waals surface area contributed by atoms with Gasteiger partial charge >= 0.3 is 0 Å². The highest BCUT2D eigenvalue weighted by Gasteiger charge is 2.41. The third-order valence-corrected chi connectivity index (χ3v) is 6.76. The summed E-state index contributed by atoms with van der Waals surface area (Å²) in [6, 6.07) is 4.61. The number of anilines is 2. The lowest BCUT2D eigenvalue weighted by Crippen LogP contribution is -2.59. The maximum Gasteiger partial charge on any atom is 0.220 e. The fraction of sp³-hybridized carbons (Fsp3) is 0.346. The third kappa shape index (κ3) is 4.51. The number of hydrogen-bond donors (Lipinski definition) is 2. The minimum atomic E-state index is -0.945. The van der Waals surface area contributed by atoms with Crippen LogP contribution in [0.3, 0.4) is 0 Å². The van der Waals surface area contributed by atoms with E-state index in [0.29, 0.717) is 17.6 Å². The first-order valence-electron chi connectivity index (χ1n) is 12.0. The van der Waals surface area contributed by atoms with Gasteiger partial charge in [0.25, 0.3) is 0 Å². The number of nitrogen functional groups attached to an aromatic ring is 1. The van der Waals surface area contributed by atoms with Crippen molar-refractivity contribution >= 4 is 11.6 Å². The predicted molar refractivity (Wildman–Crippen MR) is 131 cm³/mol. The molecule has 5 heterocycles. The second-order valence-corrected chi connectivity index (χ2v) is 9.31. The van der Waals surface area contributed by atoms with Gasteiger partial charge in [-0.05, 0) is 36.5 Å². The van der Waals surface area contributed by atoms with Gasteiger partial charge in [0.15, 0.2) is 5.82 Å². The molecule has 3 N–H and O–H groups in total. The fourth-order valence-corrected chi connectivity index (χ4v) is 4.75. The van der Waals surface area contributed by atoms with Crippen molar-refractivity contribution in [2.75, 3.05) is 23.7 Å². The molecule has 1 saturated heterocycles. The van der Waals surface area contributed by atoms with E-state index in [2.05, 4.69) is 46.6 Å². The minimum absolute atomic E-state index is 0.0168. The maximum absolute atomic E-state index is 14.8. The normalized spacial score (nSPS) is 20.3. The van der Waals surface area contributed by atoms with E-state index in [9.17, 15) is 9.50 Å². The van der Waals surface area contributed by atoms with Crippen LogP contribution in [-0.4, -0.2) is 66.2 Å². The number of halogens is 1. The van der Waals surface area contributed by atoms with E-state index >= 15 is 0 Å². The Bertz CT molecular complexity index is 1360. The summed E-state index contributed by atoms with van der Waals surface area (Å²) in [6.07, 6.45) is 11.9. The van der Waals surface area contributed by atoms with Crippen LogP contribution in [0.2, 0.25) is 0 Å². The molecule has 1 aliphatic carbocycles. The average Bonchev–Trinajstić information content (AvgIpc) is 3.69. The second kappa shape index (κ2) is 9.26. The van der Waals surface area contributed by atoms with E-state index in [1.807, 2.05) is 18.3 Å². The molecule has 6 rings (SSSR count). The monoisotopic (exact) mass is 484 g/mol. The van der Waals surface area contributed by atoms with Gasteiger partial charge in [0.2, 0.25) is 5.95 Å². The van der Waals surface area contributed by atoms with Crippen molar-refractivity contribution < 1.29 is 9.50 Å². The van der Waals surface area contributed by atoms with Crippen LogP contribution in [0.4, 0.5) is 16.0 Å². The van der Waals surface area contributed by atoms with Gasteiger partial charge in [0.05, 0.1) is 35.7 Å². The van der Waals surface area contributed by atoms with Crippen molar-refractivity contribution in [2.45, 2.75) is 43.4 Å². The Balaban J connectivity index is 1.30. The average molecular weight is 485 g/mol. The molecule has 0 amide bonds. The molecule has 1 saturated carbocycles. The van der Waals surface area contributed by atoms with Crippen LogP contribution in [0.5, 0.6) is 0 Å². The Labute approximate surface area is 207 Å². The molecule has 0 radical (unpaired) electrons. The number of likely N-dealkylation sites (tertiary alicyclic amines) is 1. The van der Waals surface area contributed by atoms with E-state index in [1.165, 1.54) is 12.8 Å². The van der Waals surface area contributed by atoms with Gasteiger partial charge in [0.1, 0.15) is 17.6 Å². The van der Waals surface area contributed by atoms with Gasteiger partial charge < -0.3 is 15.7 Å². The summed E-state index contributed by atoms with van der Waals surface area (Å²) in [5.41, 5.74) is 8.18. The number of aromatic nitrogens is 5. The van der Waals surface area contributed by atoms with Gasteiger partial charge in [-0.1, -0.05) is 12.0 Å². The zero-order chi connectivity index (χ0) is 24.6. The highest BCUT2D eigenvalue weighted by atomic mass is 19.1. The fourth-order valence-electron chi connectivity index (χ4n) is 4.75. The minimum Gasteiger partial charge on any atom is -0.380 e. The van der Waals surface area contributed by atoms with E-state index in [-0.39, 0.29) is 18.1 Å². The number of rotatable bonds is 5. The Morgan fingerprint density at radius 2 is 1.92 bits per heavy atom. The second-order valence-electron chi connectivity index (χ2n) is 9.31. The number of pyridine rings is 1.